The summed E-state index contributed by atoms with van der Waals surface area (Å²) in [6.07, 6.45) is 5.49. The molecule has 0 aliphatic carbocycles. The van der Waals surface area contributed by atoms with Gasteiger partial charge in [-0.05, 0) is 72.6 Å². The Balaban J connectivity index is 1.70. The molecule has 2 heterocycles. The molecule has 2 aliphatic heterocycles. The van der Waals surface area contributed by atoms with Crippen LogP contribution in [0.25, 0.3) is 0 Å². The van der Waals surface area contributed by atoms with Crippen molar-refractivity contribution in [1.29, 1.82) is 0 Å². The van der Waals surface area contributed by atoms with Gasteiger partial charge >= 0.3 is 0 Å². The summed E-state index contributed by atoms with van der Waals surface area (Å²) < 4.78 is 0. The molecular formula is C15H31N3. The molecule has 2 fully saturated rings. The number of hydrogen-bond acceptors (Lipinski definition) is 3. The highest BCUT2D eigenvalue weighted by molar-refractivity contribution is 4.93. The van der Waals surface area contributed by atoms with Gasteiger partial charge in [0.05, 0.1) is 0 Å². The molecule has 0 aromatic rings. The van der Waals surface area contributed by atoms with Crippen LogP contribution in [0.5, 0.6) is 0 Å². The van der Waals surface area contributed by atoms with Crippen molar-refractivity contribution >= 4 is 0 Å². The smallest absolute Gasteiger partial charge is 0.0235 e. The van der Waals surface area contributed by atoms with E-state index in [4.69, 9.17) is 0 Å². The first-order valence-electron chi connectivity index (χ1n) is 7.60. The van der Waals surface area contributed by atoms with Crippen molar-refractivity contribution in [2.75, 3.05) is 40.3 Å². The van der Waals surface area contributed by atoms with E-state index in [9.17, 15) is 0 Å². The van der Waals surface area contributed by atoms with Crippen LogP contribution < -0.4 is 5.32 Å². The molecular weight excluding hydrogens is 222 g/mol. The molecule has 1 N–H and O–H groups in total. The van der Waals surface area contributed by atoms with Crippen LogP contribution in [0.15, 0.2) is 0 Å². The largest absolute Gasteiger partial charge is 0.310 e. The van der Waals surface area contributed by atoms with Crippen molar-refractivity contribution in [3.8, 4) is 0 Å². The maximum atomic E-state index is 3.62. The molecule has 2 saturated heterocycles. The molecule has 0 saturated carbocycles. The van der Waals surface area contributed by atoms with Gasteiger partial charge in [0.15, 0.2) is 0 Å². The van der Waals surface area contributed by atoms with Gasteiger partial charge in [0.2, 0.25) is 0 Å². The monoisotopic (exact) mass is 253 g/mol. The van der Waals surface area contributed by atoms with E-state index >= 15 is 0 Å². The van der Waals surface area contributed by atoms with Gasteiger partial charge in [0, 0.05) is 24.7 Å². The fourth-order valence-corrected chi connectivity index (χ4v) is 3.52. The van der Waals surface area contributed by atoms with Gasteiger partial charge < -0.3 is 15.1 Å². The third-order valence-corrected chi connectivity index (χ3v) is 4.80. The van der Waals surface area contributed by atoms with Crippen LogP contribution in [-0.4, -0.2) is 61.7 Å². The first-order valence-corrected chi connectivity index (χ1v) is 7.60. The van der Waals surface area contributed by atoms with Crippen molar-refractivity contribution in [2.24, 2.45) is 5.92 Å². The summed E-state index contributed by atoms with van der Waals surface area (Å²) in [6, 6.07) is 0.737. The highest BCUT2D eigenvalue weighted by Crippen LogP contribution is 2.23. The standard InChI is InChI=1S/C15H31N3/c1-15(2)10-14(11-16-15)18(4)9-7-13-6-5-8-17(3)12-13/h13-14,16H,5-12H2,1-4H3. The lowest BCUT2D eigenvalue weighted by Gasteiger charge is -2.32. The minimum Gasteiger partial charge on any atom is -0.310 e. The Kier molecular flexibility index (Phi) is 4.68. The number of nitrogens with zero attached hydrogens (tertiary/aromatic N) is 2. The van der Waals surface area contributed by atoms with Gasteiger partial charge in [0.1, 0.15) is 0 Å². The normalized spacial score (nSPS) is 33.2. The number of nitrogens with one attached hydrogen (secondary N) is 1. The predicted octanol–water partition coefficient (Wildman–Crippen LogP) is 1.79. The third kappa shape index (κ3) is 3.94. The molecule has 3 heteroatoms. The summed E-state index contributed by atoms with van der Waals surface area (Å²) >= 11 is 0. The molecule has 2 aliphatic rings. The van der Waals surface area contributed by atoms with Gasteiger partial charge in [-0.3, -0.25) is 0 Å². The zero-order valence-electron chi connectivity index (χ0n) is 12.7. The molecule has 18 heavy (non-hydrogen) atoms. The lowest BCUT2D eigenvalue weighted by atomic mass is 9.94. The molecule has 2 rings (SSSR count). The SMILES string of the molecule is CN1CCCC(CCN(C)C2CNC(C)(C)C2)C1. The Morgan fingerprint density at radius 3 is 2.78 bits per heavy atom. The number of likely N-dealkylation sites (N-methyl/N-ethyl adjacent to an activating group) is 1. The van der Waals surface area contributed by atoms with E-state index in [0.717, 1.165) is 18.5 Å². The Bertz CT molecular complexity index is 264. The zero-order chi connectivity index (χ0) is 13.2. The molecule has 2 atom stereocenters. The van der Waals surface area contributed by atoms with Crippen molar-refractivity contribution in [2.45, 2.75) is 51.1 Å². The number of rotatable bonds is 4. The molecule has 0 spiro atoms. The summed E-state index contributed by atoms with van der Waals surface area (Å²) in [5.74, 6) is 0.925. The Hall–Kier alpha value is -0.120. The fourth-order valence-electron chi connectivity index (χ4n) is 3.52. The number of piperidine rings is 1. The second-order valence-electron chi connectivity index (χ2n) is 7.16. The van der Waals surface area contributed by atoms with Crippen LogP contribution in [-0.2, 0) is 0 Å². The molecule has 0 bridgehead atoms. The van der Waals surface area contributed by atoms with Crippen molar-refractivity contribution in [3.63, 3.8) is 0 Å². The minimum atomic E-state index is 0.337. The maximum absolute atomic E-state index is 3.62. The predicted molar refractivity (Wildman–Crippen MR) is 78.0 cm³/mol. The van der Waals surface area contributed by atoms with E-state index in [0.29, 0.717) is 5.54 Å². The molecule has 106 valence electrons. The molecule has 2 unspecified atom stereocenters. The molecule has 0 radical (unpaired) electrons. The van der Waals surface area contributed by atoms with Crippen LogP contribution in [0.4, 0.5) is 0 Å². The minimum absolute atomic E-state index is 0.337. The Morgan fingerprint density at radius 2 is 2.17 bits per heavy atom. The molecule has 0 aromatic carbocycles. The van der Waals surface area contributed by atoms with Gasteiger partial charge in [0.25, 0.3) is 0 Å². The Labute approximate surface area is 113 Å². The van der Waals surface area contributed by atoms with E-state index in [1.165, 1.54) is 45.3 Å². The Morgan fingerprint density at radius 1 is 1.39 bits per heavy atom. The van der Waals surface area contributed by atoms with Crippen molar-refractivity contribution in [3.05, 3.63) is 0 Å². The molecule has 3 nitrogen and oxygen atoms in total. The quantitative estimate of drug-likeness (QED) is 0.824. The van der Waals surface area contributed by atoms with Gasteiger partial charge in [-0.1, -0.05) is 0 Å². The lowest BCUT2D eigenvalue weighted by Crippen LogP contribution is -2.37. The highest BCUT2D eigenvalue weighted by atomic mass is 15.2. The number of hydrogen-bond donors (Lipinski definition) is 1. The van der Waals surface area contributed by atoms with E-state index in [1.54, 1.807) is 0 Å². The van der Waals surface area contributed by atoms with Crippen molar-refractivity contribution < 1.29 is 0 Å². The summed E-state index contributed by atoms with van der Waals surface area (Å²) in [5, 5.41) is 3.62. The van der Waals surface area contributed by atoms with E-state index in [-0.39, 0.29) is 0 Å². The van der Waals surface area contributed by atoms with E-state index < -0.39 is 0 Å². The zero-order valence-corrected chi connectivity index (χ0v) is 12.7. The number of likely N-dealkylation sites (tertiary alicyclic amines) is 1. The maximum Gasteiger partial charge on any atom is 0.0235 e. The van der Waals surface area contributed by atoms with E-state index in [2.05, 4.69) is 43.1 Å². The average Bonchev–Trinajstić information content (AvgIpc) is 2.67. The summed E-state index contributed by atoms with van der Waals surface area (Å²) in [7, 11) is 4.57. The van der Waals surface area contributed by atoms with E-state index in [1.807, 2.05) is 0 Å². The van der Waals surface area contributed by atoms with Crippen LogP contribution in [0, 0.1) is 5.92 Å². The van der Waals surface area contributed by atoms with Crippen LogP contribution in [0.1, 0.15) is 39.5 Å². The second kappa shape index (κ2) is 5.89. The topological polar surface area (TPSA) is 18.5 Å². The summed E-state index contributed by atoms with van der Waals surface area (Å²) in [4.78, 5) is 5.07. The lowest BCUT2D eigenvalue weighted by molar-refractivity contribution is 0.172. The second-order valence-corrected chi connectivity index (χ2v) is 7.16. The van der Waals surface area contributed by atoms with Gasteiger partial charge in [-0.25, -0.2) is 0 Å². The van der Waals surface area contributed by atoms with Crippen LogP contribution in [0.3, 0.4) is 0 Å². The third-order valence-electron chi connectivity index (χ3n) is 4.80. The van der Waals surface area contributed by atoms with Gasteiger partial charge in [-0.2, -0.15) is 0 Å². The van der Waals surface area contributed by atoms with Crippen molar-refractivity contribution in [1.82, 2.24) is 15.1 Å². The van der Waals surface area contributed by atoms with Crippen LogP contribution in [0.2, 0.25) is 0 Å². The highest BCUT2D eigenvalue weighted by Gasteiger charge is 2.32. The first kappa shape index (κ1) is 14.3. The average molecular weight is 253 g/mol. The van der Waals surface area contributed by atoms with Crippen LogP contribution >= 0.6 is 0 Å². The molecule has 0 amide bonds. The first-order chi connectivity index (χ1) is 8.46. The summed E-state index contributed by atoms with van der Waals surface area (Å²) in [6.45, 7) is 9.66. The van der Waals surface area contributed by atoms with Gasteiger partial charge in [-0.15, -0.1) is 0 Å². The fraction of sp³-hybridized carbons (Fsp3) is 1.00. The summed E-state index contributed by atoms with van der Waals surface area (Å²) in [5.41, 5.74) is 0.337. The molecule has 0 aromatic heterocycles.